The van der Waals surface area contributed by atoms with E-state index in [1.165, 1.54) is 23.1 Å². The van der Waals surface area contributed by atoms with E-state index in [9.17, 15) is 0 Å². The van der Waals surface area contributed by atoms with Crippen molar-refractivity contribution in [1.82, 2.24) is 4.90 Å². The predicted octanol–water partition coefficient (Wildman–Crippen LogP) is 4.36. The summed E-state index contributed by atoms with van der Waals surface area (Å²) in [5.74, 6) is 1.50. The Morgan fingerprint density at radius 1 is 1.09 bits per heavy atom. The number of ether oxygens (including phenoxy) is 1. The lowest BCUT2D eigenvalue weighted by atomic mass is 9.78. The maximum Gasteiger partial charge on any atom is 0.126 e. The van der Waals surface area contributed by atoms with Gasteiger partial charge in [0.15, 0.2) is 0 Å². The minimum absolute atomic E-state index is 0.560. The van der Waals surface area contributed by atoms with Crippen molar-refractivity contribution in [2.24, 2.45) is 5.92 Å². The summed E-state index contributed by atoms with van der Waals surface area (Å²) in [6, 6.07) is 17.1. The Bertz CT molecular complexity index is 702. The molecule has 0 aliphatic heterocycles. The van der Waals surface area contributed by atoms with Gasteiger partial charge in [0.2, 0.25) is 0 Å². The predicted molar refractivity (Wildman–Crippen MR) is 97.7 cm³/mol. The smallest absolute Gasteiger partial charge is 0.126 e. The number of hydrogen-bond acceptors (Lipinski definition) is 2. The first kappa shape index (κ1) is 15.8. The average Bonchev–Trinajstić information content (AvgIpc) is 2.57. The first-order chi connectivity index (χ1) is 11.2. The fourth-order valence-electron chi connectivity index (χ4n) is 3.50. The lowest BCUT2D eigenvalue weighted by Gasteiger charge is -2.30. The number of hydrogen-bond donors (Lipinski definition) is 0. The second kappa shape index (κ2) is 7.01. The SMILES string of the molecule is COc1ccccc1/C=C1/c2ccccc2CCC1CN(C)C. The van der Waals surface area contributed by atoms with Crippen LogP contribution >= 0.6 is 0 Å². The van der Waals surface area contributed by atoms with E-state index in [-0.39, 0.29) is 0 Å². The zero-order valence-electron chi connectivity index (χ0n) is 14.3. The molecule has 0 saturated carbocycles. The summed E-state index contributed by atoms with van der Waals surface area (Å²) in [6.07, 6.45) is 4.69. The van der Waals surface area contributed by atoms with Crippen LogP contribution in [0.2, 0.25) is 0 Å². The molecule has 0 N–H and O–H groups in total. The fourth-order valence-corrected chi connectivity index (χ4v) is 3.50. The lowest BCUT2D eigenvalue weighted by molar-refractivity contribution is 0.351. The highest BCUT2D eigenvalue weighted by Crippen LogP contribution is 2.38. The van der Waals surface area contributed by atoms with Gasteiger partial charge in [0.05, 0.1) is 7.11 Å². The van der Waals surface area contributed by atoms with Gasteiger partial charge >= 0.3 is 0 Å². The van der Waals surface area contributed by atoms with Crippen LogP contribution in [0.1, 0.15) is 23.1 Å². The molecule has 0 heterocycles. The number of rotatable bonds is 4. The number of methoxy groups -OCH3 is 1. The number of para-hydroxylation sites is 1. The van der Waals surface area contributed by atoms with Crippen molar-refractivity contribution in [3.05, 3.63) is 65.2 Å². The molecule has 1 aliphatic carbocycles. The summed E-state index contributed by atoms with van der Waals surface area (Å²) in [7, 11) is 6.05. The quantitative estimate of drug-likeness (QED) is 0.832. The summed E-state index contributed by atoms with van der Waals surface area (Å²) < 4.78 is 5.54. The van der Waals surface area contributed by atoms with Gasteiger partial charge in [-0.05, 0) is 61.7 Å². The van der Waals surface area contributed by atoms with Gasteiger partial charge in [0.25, 0.3) is 0 Å². The third-order valence-corrected chi connectivity index (χ3v) is 4.57. The largest absolute Gasteiger partial charge is 0.496 e. The maximum absolute atomic E-state index is 5.54. The average molecular weight is 307 g/mol. The van der Waals surface area contributed by atoms with E-state index in [0.717, 1.165) is 24.3 Å². The molecule has 2 aromatic carbocycles. The van der Waals surface area contributed by atoms with E-state index < -0.39 is 0 Å². The fraction of sp³-hybridized carbons (Fsp3) is 0.333. The van der Waals surface area contributed by atoms with Crippen LogP contribution in [0, 0.1) is 5.92 Å². The molecule has 1 atom stereocenters. The summed E-state index contributed by atoms with van der Waals surface area (Å²) in [5.41, 5.74) is 5.45. The van der Waals surface area contributed by atoms with Crippen molar-refractivity contribution in [2.75, 3.05) is 27.7 Å². The van der Waals surface area contributed by atoms with Gasteiger partial charge in [-0.1, -0.05) is 42.5 Å². The van der Waals surface area contributed by atoms with Crippen LogP contribution in [0.5, 0.6) is 5.75 Å². The van der Waals surface area contributed by atoms with Gasteiger partial charge < -0.3 is 9.64 Å². The van der Waals surface area contributed by atoms with Crippen molar-refractivity contribution < 1.29 is 4.74 Å². The maximum atomic E-state index is 5.54. The second-order valence-electron chi connectivity index (χ2n) is 6.50. The summed E-state index contributed by atoms with van der Waals surface area (Å²) in [4.78, 5) is 2.29. The van der Waals surface area contributed by atoms with Crippen LogP contribution in [0.4, 0.5) is 0 Å². The van der Waals surface area contributed by atoms with Crippen molar-refractivity contribution in [3.8, 4) is 5.75 Å². The third-order valence-electron chi connectivity index (χ3n) is 4.57. The topological polar surface area (TPSA) is 12.5 Å². The molecule has 3 rings (SSSR count). The van der Waals surface area contributed by atoms with Crippen molar-refractivity contribution >= 4 is 11.6 Å². The monoisotopic (exact) mass is 307 g/mol. The zero-order chi connectivity index (χ0) is 16.2. The summed E-state index contributed by atoms with van der Waals surface area (Å²) >= 11 is 0. The molecule has 2 nitrogen and oxygen atoms in total. The zero-order valence-corrected chi connectivity index (χ0v) is 14.3. The van der Waals surface area contributed by atoms with Crippen LogP contribution < -0.4 is 4.74 Å². The van der Waals surface area contributed by atoms with E-state index in [0.29, 0.717) is 5.92 Å². The number of fused-ring (bicyclic) bond motifs is 1. The molecule has 0 saturated heterocycles. The third kappa shape index (κ3) is 3.48. The first-order valence-corrected chi connectivity index (χ1v) is 8.26. The molecule has 1 unspecified atom stereocenters. The molecule has 0 spiro atoms. The second-order valence-corrected chi connectivity index (χ2v) is 6.50. The molecule has 0 amide bonds. The highest BCUT2D eigenvalue weighted by molar-refractivity contribution is 5.86. The molecule has 0 radical (unpaired) electrons. The van der Waals surface area contributed by atoms with Crippen molar-refractivity contribution in [1.29, 1.82) is 0 Å². The minimum Gasteiger partial charge on any atom is -0.496 e. The van der Waals surface area contributed by atoms with Gasteiger partial charge in [0.1, 0.15) is 5.75 Å². The first-order valence-electron chi connectivity index (χ1n) is 8.26. The van der Waals surface area contributed by atoms with E-state index >= 15 is 0 Å². The highest BCUT2D eigenvalue weighted by Gasteiger charge is 2.24. The van der Waals surface area contributed by atoms with E-state index in [4.69, 9.17) is 4.74 Å². The van der Waals surface area contributed by atoms with E-state index in [1.54, 1.807) is 7.11 Å². The molecule has 1 aliphatic rings. The Labute approximate surface area is 139 Å². The van der Waals surface area contributed by atoms with Crippen molar-refractivity contribution in [3.63, 3.8) is 0 Å². The van der Waals surface area contributed by atoms with Gasteiger partial charge in [-0.15, -0.1) is 0 Å². The summed E-state index contributed by atoms with van der Waals surface area (Å²) in [6.45, 7) is 1.08. The molecule has 0 aromatic heterocycles. The molecule has 120 valence electrons. The van der Waals surface area contributed by atoms with Gasteiger partial charge in [0, 0.05) is 12.1 Å². The molecule has 0 fully saturated rings. The Hall–Kier alpha value is -2.06. The lowest BCUT2D eigenvalue weighted by Crippen LogP contribution is -2.25. The van der Waals surface area contributed by atoms with Crippen LogP contribution in [-0.4, -0.2) is 32.6 Å². The summed E-state index contributed by atoms with van der Waals surface area (Å²) in [5, 5.41) is 0. The molecule has 0 bridgehead atoms. The van der Waals surface area contributed by atoms with Crippen molar-refractivity contribution in [2.45, 2.75) is 12.8 Å². The number of aryl methyl sites for hydroxylation is 1. The molecule has 2 aromatic rings. The molecule has 2 heteroatoms. The van der Waals surface area contributed by atoms with E-state index in [2.05, 4.69) is 61.5 Å². The molecular weight excluding hydrogens is 282 g/mol. The van der Waals surface area contributed by atoms with Crippen LogP contribution in [0.25, 0.3) is 11.6 Å². The Morgan fingerprint density at radius 2 is 1.83 bits per heavy atom. The van der Waals surface area contributed by atoms with Gasteiger partial charge in [-0.25, -0.2) is 0 Å². The Kier molecular flexibility index (Phi) is 4.82. The normalized spacial score (nSPS) is 19.0. The Morgan fingerprint density at radius 3 is 2.61 bits per heavy atom. The minimum atomic E-state index is 0.560. The molecule has 23 heavy (non-hydrogen) atoms. The number of nitrogens with zero attached hydrogens (tertiary/aromatic N) is 1. The Balaban J connectivity index is 2.08. The van der Waals surface area contributed by atoms with E-state index in [1.807, 2.05) is 12.1 Å². The standard InChI is InChI=1S/C21H25NO/c1-22(2)15-18-13-12-16-8-4-6-10-19(16)20(18)14-17-9-5-7-11-21(17)23-3/h4-11,14,18H,12-13,15H2,1-3H3/b20-14+. The molecular formula is C21H25NO. The van der Waals surface area contributed by atoms with Crippen LogP contribution in [-0.2, 0) is 6.42 Å². The van der Waals surface area contributed by atoms with Crippen LogP contribution in [0.15, 0.2) is 48.5 Å². The number of benzene rings is 2. The van der Waals surface area contributed by atoms with Gasteiger partial charge in [-0.3, -0.25) is 0 Å². The highest BCUT2D eigenvalue weighted by atomic mass is 16.5. The van der Waals surface area contributed by atoms with Crippen LogP contribution in [0.3, 0.4) is 0 Å². The van der Waals surface area contributed by atoms with Gasteiger partial charge in [-0.2, -0.15) is 0 Å².